The maximum atomic E-state index is 13.5. The van der Waals surface area contributed by atoms with Gasteiger partial charge in [0.1, 0.15) is 17.3 Å². The van der Waals surface area contributed by atoms with Crippen LogP contribution in [0.4, 0.5) is 4.39 Å². The lowest BCUT2D eigenvalue weighted by Crippen LogP contribution is -2.22. The molecule has 2 atom stereocenters. The van der Waals surface area contributed by atoms with Crippen molar-refractivity contribution in [3.63, 3.8) is 0 Å². The molecule has 0 aliphatic heterocycles. The molecule has 4 heteroatoms. The number of rotatable bonds is 4. The minimum absolute atomic E-state index is 0.0198. The molecule has 0 aliphatic carbocycles. The van der Waals surface area contributed by atoms with Gasteiger partial charge in [-0.2, -0.15) is 0 Å². The molecule has 20 heavy (non-hydrogen) atoms. The Morgan fingerprint density at radius 3 is 2.40 bits per heavy atom. The van der Waals surface area contributed by atoms with Gasteiger partial charge in [0.15, 0.2) is 0 Å². The van der Waals surface area contributed by atoms with Gasteiger partial charge in [0.05, 0.1) is 5.02 Å². The van der Waals surface area contributed by atoms with E-state index in [1.165, 1.54) is 6.07 Å². The van der Waals surface area contributed by atoms with Crippen molar-refractivity contribution in [3.05, 3.63) is 57.8 Å². The van der Waals surface area contributed by atoms with Crippen LogP contribution < -0.4 is 5.32 Å². The average molecular weight is 296 g/mol. The van der Waals surface area contributed by atoms with Crippen LogP contribution in [0.2, 0.25) is 5.02 Å². The largest absolute Gasteiger partial charge is 0.466 e. The highest BCUT2D eigenvalue weighted by atomic mass is 35.5. The van der Waals surface area contributed by atoms with Gasteiger partial charge in [0, 0.05) is 17.6 Å². The second kappa shape index (κ2) is 5.98. The number of halogens is 2. The molecule has 0 aliphatic rings. The molecule has 0 radical (unpaired) electrons. The second-order valence-electron chi connectivity index (χ2n) is 5.15. The SMILES string of the molecule is Cc1cc(C(C)NC(C)c2ccc(Cl)c(F)c2)c(C)o1. The minimum Gasteiger partial charge on any atom is -0.466 e. The summed E-state index contributed by atoms with van der Waals surface area (Å²) in [7, 11) is 0. The molecule has 2 rings (SSSR count). The molecule has 0 saturated carbocycles. The van der Waals surface area contributed by atoms with Crippen LogP contribution in [0.15, 0.2) is 28.7 Å². The first-order chi connectivity index (χ1) is 9.38. The zero-order valence-electron chi connectivity index (χ0n) is 12.1. The van der Waals surface area contributed by atoms with Gasteiger partial charge in [-0.05, 0) is 51.5 Å². The van der Waals surface area contributed by atoms with Gasteiger partial charge in [-0.15, -0.1) is 0 Å². The van der Waals surface area contributed by atoms with Crippen LogP contribution in [0.5, 0.6) is 0 Å². The third kappa shape index (κ3) is 3.22. The van der Waals surface area contributed by atoms with Crippen molar-refractivity contribution in [2.75, 3.05) is 0 Å². The van der Waals surface area contributed by atoms with E-state index >= 15 is 0 Å². The maximum absolute atomic E-state index is 13.5. The molecule has 1 N–H and O–H groups in total. The Kier molecular flexibility index (Phi) is 4.51. The zero-order valence-corrected chi connectivity index (χ0v) is 12.9. The molecule has 2 unspecified atom stereocenters. The minimum atomic E-state index is -0.388. The lowest BCUT2D eigenvalue weighted by molar-refractivity contribution is 0.467. The van der Waals surface area contributed by atoms with E-state index in [0.29, 0.717) is 0 Å². The summed E-state index contributed by atoms with van der Waals surface area (Å²) in [5, 5.41) is 3.59. The fourth-order valence-corrected chi connectivity index (χ4v) is 2.54. The van der Waals surface area contributed by atoms with E-state index < -0.39 is 0 Å². The van der Waals surface area contributed by atoms with Gasteiger partial charge in [-0.25, -0.2) is 4.39 Å². The highest BCUT2D eigenvalue weighted by Gasteiger charge is 2.16. The summed E-state index contributed by atoms with van der Waals surface area (Å²) in [5.41, 5.74) is 2.00. The Balaban J connectivity index is 2.12. The first-order valence-electron chi connectivity index (χ1n) is 6.66. The van der Waals surface area contributed by atoms with Gasteiger partial charge in [-0.3, -0.25) is 0 Å². The number of hydrogen-bond donors (Lipinski definition) is 1. The molecule has 2 aromatic rings. The molecule has 0 spiro atoms. The predicted molar refractivity (Wildman–Crippen MR) is 79.6 cm³/mol. The molecular formula is C16H19ClFNO. The third-order valence-corrected chi connectivity index (χ3v) is 3.80. The Bertz CT molecular complexity index is 609. The van der Waals surface area contributed by atoms with Crippen LogP contribution in [0.3, 0.4) is 0 Å². The maximum Gasteiger partial charge on any atom is 0.142 e. The third-order valence-electron chi connectivity index (χ3n) is 3.49. The molecule has 108 valence electrons. The Labute approximate surface area is 123 Å². The fourth-order valence-electron chi connectivity index (χ4n) is 2.42. The van der Waals surface area contributed by atoms with E-state index in [9.17, 15) is 4.39 Å². The van der Waals surface area contributed by atoms with Crippen LogP contribution in [-0.2, 0) is 0 Å². The average Bonchev–Trinajstić information content (AvgIpc) is 2.71. The van der Waals surface area contributed by atoms with E-state index in [-0.39, 0.29) is 22.9 Å². The monoisotopic (exact) mass is 295 g/mol. The van der Waals surface area contributed by atoms with Crippen molar-refractivity contribution < 1.29 is 8.81 Å². The summed E-state index contributed by atoms with van der Waals surface area (Å²) < 4.78 is 19.0. The lowest BCUT2D eigenvalue weighted by atomic mass is 10.0. The topological polar surface area (TPSA) is 25.2 Å². The standard InChI is InChI=1S/C16H19ClFNO/c1-9-7-14(12(4)20-9)11(3)19-10(2)13-5-6-15(17)16(18)8-13/h5-8,10-11,19H,1-4H3. The van der Waals surface area contributed by atoms with Crippen LogP contribution in [0, 0.1) is 19.7 Å². The van der Waals surface area contributed by atoms with E-state index in [1.54, 1.807) is 6.07 Å². The first-order valence-corrected chi connectivity index (χ1v) is 7.04. The van der Waals surface area contributed by atoms with Gasteiger partial charge in [0.25, 0.3) is 0 Å². The lowest BCUT2D eigenvalue weighted by Gasteiger charge is -2.20. The van der Waals surface area contributed by atoms with E-state index in [0.717, 1.165) is 22.6 Å². The smallest absolute Gasteiger partial charge is 0.142 e. The van der Waals surface area contributed by atoms with Crippen LogP contribution in [0.1, 0.15) is 48.6 Å². The van der Waals surface area contributed by atoms with E-state index in [1.807, 2.05) is 32.9 Å². The summed E-state index contributed by atoms with van der Waals surface area (Å²) >= 11 is 5.70. The van der Waals surface area contributed by atoms with Crippen molar-refractivity contribution in [3.8, 4) is 0 Å². The van der Waals surface area contributed by atoms with Crippen molar-refractivity contribution in [1.82, 2.24) is 5.32 Å². The molecule has 1 aromatic heterocycles. The molecule has 1 aromatic carbocycles. The Morgan fingerprint density at radius 2 is 1.85 bits per heavy atom. The zero-order chi connectivity index (χ0) is 14.9. The van der Waals surface area contributed by atoms with Crippen LogP contribution in [0.25, 0.3) is 0 Å². The summed E-state index contributed by atoms with van der Waals surface area (Å²) in [5.74, 6) is 1.43. The van der Waals surface area contributed by atoms with E-state index in [2.05, 4.69) is 12.2 Å². The predicted octanol–water partition coefficient (Wildman–Crippen LogP) is 5.10. The molecular weight excluding hydrogens is 277 g/mol. The molecule has 0 saturated heterocycles. The van der Waals surface area contributed by atoms with Gasteiger partial charge >= 0.3 is 0 Å². The van der Waals surface area contributed by atoms with Gasteiger partial charge in [0.2, 0.25) is 0 Å². The normalized spacial score (nSPS) is 14.3. The van der Waals surface area contributed by atoms with Crippen molar-refractivity contribution in [2.24, 2.45) is 0 Å². The quantitative estimate of drug-likeness (QED) is 0.849. The molecule has 2 nitrogen and oxygen atoms in total. The van der Waals surface area contributed by atoms with Gasteiger partial charge in [-0.1, -0.05) is 17.7 Å². The number of furan rings is 1. The van der Waals surface area contributed by atoms with Crippen molar-refractivity contribution in [2.45, 2.75) is 39.8 Å². The number of hydrogen-bond acceptors (Lipinski definition) is 2. The van der Waals surface area contributed by atoms with Crippen molar-refractivity contribution in [1.29, 1.82) is 0 Å². The number of benzene rings is 1. The highest BCUT2D eigenvalue weighted by Crippen LogP contribution is 2.25. The molecule has 0 amide bonds. The second-order valence-corrected chi connectivity index (χ2v) is 5.56. The molecule has 0 fully saturated rings. The fraction of sp³-hybridized carbons (Fsp3) is 0.375. The van der Waals surface area contributed by atoms with Crippen molar-refractivity contribution >= 4 is 11.6 Å². The summed E-state index contributed by atoms with van der Waals surface area (Å²) in [6, 6.07) is 7.07. The molecule has 0 bridgehead atoms. The summed E-state index contributed by atoms with van der Waals surface area (Å²) in [6.45, 7) is 7.95. The highest BCUT2D eigenvalue weighted by molar-refractivity contribution is 6.30. The Morgan fingerprint density at radius 1 is 1.15 bits per heavy atom. The van der Waals surface area contributed by atoms with Crippen LogP contribution in [-0.4, -0.2) is 0 Å². The first kappa shape index (κ1) is 15.1. The van der Waals surface area contributed by atoms with Gasteiger partial charge < -0.3 is 9.73 Å². The Hall–Kier alpha value is -1.32. The molecule has 1 heterocycles. The number of nitrogens with one attached hydrogen (secondary N) is 1. The summed E-state index contributed by atoms with van der Waals surface area (Å²) in [4.78, 5) is 0. The summed E-state index contributed by atoms with van der Waals surface area (Å²) in [6.07, 6.45) is 0. The van der Waals surface area contributed by atoms with E-state index in [4.69, 9.17) is 16.0 Å². The van der Waals surface area contributed by atoms with Crippen LogP contribution >= 0.6 is 11.6 Å². The number of aryl methyl sites for hydroxylation is 2.